The molecule has 24 heavy (non-hydrogen) atoms. The number of benzene rings is 1. The highest BCUT2D eigenvalue weighted by Crippen LogP contribution is 2.21. The predicted octanol–water partition coefficient (Wildman–Crippen LogP) is 3.27. The average Bonchev–Trinajstić information content (AvgIpc) is 3.07. The van der Waals surface area contributed by atoms with Crippen LogP contribution in [-0.4, -0.2) is 41.5 Å². The zero-order valence-corrected chi connectivity index (χ0v) is 14.5. The maximum absolute atomic E-state index is 12.5. The number of nitrogens with zero attached hydrogens (tertiary/aromatic N) is 2. The fraction of sp³-hybridized carbons (Fsp3) is 0.400. The first-order valence-corrected chi connectivity index (χ1v) is 8.73. The summed E-state index contributed by atoms with van der Waals surface area (Å²) in [6.45, 7) is 7.13. The minimum atomic E-state index is -0.00612. The molecule has 0 radical (unpaired) electrons. The Morgan fingerprint density at radius 2 is 2.21 bits per heavy atom. The highest BCUT2D eigenvalue weighted by Gasteiger charge is 2.23. The van der Waals surface area contributed by atoms with E-state index in [-0.39, 0.29) is 5.91 Å². The van der Waals surface area contributed by atoms with E-state index in [2.05, 4.69) is 22.1 Å². The average molecular weight is 323 g/mol. The molecule has 1 atom stereocenters. The Kier molecular flexibility index (Phi) is 5.26. The van der Waals surface area contributed by atoms with Gasteiger partial charge in [-0.25, -0.2) is 0 Å². The third-order valence-corrected chi connectivity index (χ3v) is 4.81. The molecular formula is C20H25N3O. The maximum atomic E-state index is 12.5. The first-order valence-electron chi connectivity index (χ1n) is 8.73. The largest absolute Gasteiger partial charge is 0.350 e. The van der Waals surface area contributed by atoms with Gasteiger partial charge in [0.1, 0.15) is 0 Å². The molecular weight excluding hydrogens is 298 g/mol. The van der Waals surface area contributed by atoms with E-state index in [9.17, 15) is 4.79 Å². The van der Waals surface area contributed by atoms with E-state index in [0.717, 1.165) is 36.5 Å². The highest BCUT2D eigenvalue weighted by atomic mass is 16.1. The van der Waals surface area contributed by atoms with Gasteiger partial charge in [0.05, 0.1) is 5.69 Å². The fourth-order valence-corrected chi connectivity index (χ4v) is 3.45. The monoisotopic (exact) mass is 323 g/mol. The normalized spacial score (nSPS) is 17.8. The van der Waals surface area contributed by atoms with Crippen molar-refractivity contribution in [2.75, 3.05) is 19.6 Å². The number of nitrogens with one attached hydrogen (secondary N) is 1. The number of pyridine rings is 1. The number of likely N-dealkylation sites (N-methyl/N-ethyl adjacent to an activating group) is 1. The lowest BCUT2D eigenvalue weighted by Gasteiger charge is -2.22. The van der Waals surface area contributed by atoms with Crippen LogP contribution in [0.5, 0.6) is 0 Å². The quantitative estimate of drug-likeness (QED) is 0.918. The van der Waals surface area contributed by atoms with E-state index in [1.54, 1.807) is 6.20 Å². The van der Waals surface area contributed by atoms with E-state index < -0.39 is 0 Å². The number of hydrogen-bond acceptors (Lipinski definition) is 3. The zero-order valence-electron chi connectivity index (χ0n) is 14.5. The van der Waals surface area contributed by atoms with Crippen LogP contribution in [0.15, 0.2) is 42.6 Å². The third kappa shape index (κ3) is 3.65. The van der Waals surface area contributed by atoms with Crippen LogP contribution in [0.1, 0.15) is 35.7 Å². The second-order valence-corrected chi connectivity index (χ2v) is 6.38. The summed E-state index contributed by atoms with van der Waals surface area (Å²) in [4.78, 5) is 19.4. The van der Waals surface area contributed by atoms with Crippen molar-refractivity contribution in [2.45, 2.75) is 32.7 Å². The second-order valence-electron chi connectivity index (χ2n) is 6.38. The van der Waals surface area contributed by atoms with Gasteiger partial charge in [-0.15, -0.1) is 0 Å². The minimum Gasteiger partial charge on any atom is -0.350 e. The van der Waals surface area contributed by atoms with Crippen LogP contribution in [0.4, 0.5) is 0 Å². The topological polar surface area (TPSA) is 45.2 Å². The molecule has 1 aliphatic heterocycles. The van der Waals surface area contributed by atoms with Crippen LogP contribution in [0.3, 0.4) is 0 Å². The van der Waals surface area contributed by atoms with Gasteiger partial charge in [0, 0.05) is 29.9 Å². The van der Waals surface area contributed by atoms with Gasteiger partial charge in [0.2, 0.25) is 0 Å². The van der Waals surface area contributed by atoms with Crippen molar-refractivity contribution in [1.29, 1.82) is 0 Å². The molecule has 0 aliphatic carbocycles. The first-order chi connectivity index (χ1) is 11.7. The van der Waals surface area contributed by atoms with E-state index >= 15 is 0 Å². The Morgan fingerprint density at radius 1 is 1.33 bits per heavy atom. The number of aromatic nitrogens is 1. The molecule has 4 nitrogen and oxygen atoms in total. The second kappa shape index (κ2) is 7.58. The molecule has 0 unspecified atom stereocenters. The SMILES string of the molecule is CCN1CCC[C@H]1CNC(=O)c1cccc(-c2ncccc2C)c1. The van der Waals surface area contributed by atoms with Crippen LogP contribution in [0.2, 0.25) is 0 Å². The Balaban J connectivity index is 1.70. The smallest absolute Gasteiger partial charge is 0.251 e. The molecule has 3 rings (SSSR count). The molecule has 1 fully saturated rings. The standard InChI is InChI=1S/C20H25N3O/c1-3-23-12-6-10-18(23)14-22-20(24)17-9-4-8-16(13-17)19-15(2)7-5-11-21-19/h4-5,7-9,11,13,18H,3,6,10,12,14H2,1-2H3,(H,22,24)/t18-/m0/s1. The highest BCUT2D eigenvalue weighted by molar-refractivity contribution is 5.95. The number of carbonyl (C=O) groups is 1. The minimum absolute atomic E-state index is 0.00612. The van der Waals surface area contributed by atoms with Gasteiger partial charge in [0.15, 0.2) is 0 Å². The lowest BCUT2D eigenvalue weighted by Crippen LogP contribution is -2.40. The van der Waals surface area contributed by atoms with Gasteiger partial charge in [-0.05, 0) is 56.6 Å². The molecule has 4 heteroatoms. The molecule has 1 aliphatic rings. The molecule has 1 aromatic heterocycles. The van der Waals surface area contributed by atoms with E-state index in [0.29, 0.717) is 11.6 Å². The zero-order chi connectivity index (χ0) is 16.9. The van der Waals surface area contributed by atoms with Crippen LogP contribution in [0.25, 0.3) is 11.3 Å². The number of likely N-dealkylation sites (tertiary alicyclic amines) is 1. The van der Waals surface area contributed by atoms with Crippen molar-refractivity contribution in [3.63, 3.8) is 0 Å². The van der Waals surface area contributed by atoms with Crippen LogP contribution >= 0.6 is 0 Å². The van der Waals surface area contributed by atoms with Crippen LogP contribution in [-0.2, 0) is 0 Å². The van der Waals surface area contributed by atoms with Gasteiger partial charge in [-0.1, -0.05) is 25.1 Å². The number of rotatable bonds is 5. The van der Waals surface area contributed by atoms with E-state index in [4.69, 9.17) is 0 Å². The van der Waals surface area contributed by atoms with Crippen molar-refractivity contribution >= 4 is 5.91 Å². The van der Waals surface area contributed by atoms with E-state index in [1.165, 1.54) is 12.8 Å². The number of aryl methyl sites for hydroxylation is 1. The van der Waals surface area contributed by atoms with Crippen molar-refractivity contribution < 1.29 is 4.79 Å². The first kappa shape index (κ1) is 16.7. The molecule has 1 amide bonds. The number of carbonyl (C=O) groups excluding carboxylic acids is 1. The molecule has 1 aromatic carbocycles. The van der Waals surface area contributed by atoms with Crippen molar-refractivity contribution in [3.8, 4) is 11.3 Å². The van der Waals surface area contributed by atoms with Gasteiger partial charge >= 0.3 is 0 Å². The number of amides is 1. The van der Waals surface area contributed by atoms with Gasteiger partial charge in [-0.2, -0.15) is 0 Å². The van der Waals surface area contributed by atoms with Crippen molar-refractivity contribution in [1.82, 2.24) is 15.2 Å². The summed E-state index contributed by atoms with van der Waals surface area (Å²) in [5, 5.41) is 3.10. The molecule has 0 bridgehead atoms. The summed E-state index contributed by atoms with van der Waals surface area (Å²) in [7, 11) is 0. The summed E-state index contributed by atoms with van der Waals surface area (Å²) in [6.07, 6.45) is 4.18. The molecule has 1 saturated heterocycles. The van der Waals surface area contributed by atoms with Crippen LogP contribution in [0, 0.1) is 6.92 Å². The summed E-state index contributed by atoms with van der Waals surface area (Å²) in [6, 6.07) is 12.2. The molecule has 0 spiro atoms. The predicted molar refractivity (Wildman–Crippen MR) is 97.0 cm³/mol. The van der Waals surface area contributed by atoms with Crippen LogP contribution < -0.4 is 5.32 Å². The lowest BCUT2D eigenvalue weighted by atomic mass is 10.0. The molecule has 2 aromatic rings. The van der Waals surface area contributed by atoms with Crippen molar-refractivity contribution in [2.24, 2.45) is 0 Å². The molecule has 2 heterocycles. The summed E-state index contributed by atoms with van der Waals surface area (Å²) < 4.78 is 0. The maximum Gasteiger partial charge on any atom is 0.251 e. The Morgan fingerprint density at radius 3 is 3.00 bits per heavy atom. The summed E-state index contributed by atoms with van der Waals surface area (Å²) in [5.41, 5.74) is 3.72. The molecule has 1 N–H and O–H groups in total. The van der Waals surface area contributed by atoms with Gasteiger partial charge < -0.3 is 5.32 Å². The fourth-order valence-electron chi connectivity index (χ4n) is 3.45. The Bertz CT molecular complexity index is 714. The molecule has 126 valence electrons. The van der Waals surface area contributed by atoms with E-state index in [1.807, 2.05) is 43.3 Å². The molecule has 0 saturated carbocycles. The Labute approximate surface area is 143 Å². The van der Waals surface area contributed by atoms with Gasteiger partial charge in [-0.3, -0.25) is 14.7 Å². The summed E-state index contributed by atoms with van der Waals surface area (Å²) >= 11 is 0. The third-order valence-electron chi connectivity index (χ3n) is 4.81. The lowest BCUT2D eigenvalue weighted by molar-refractivity contribution is 0.0941. The number of hydrogen-bond donors (Lipinski definition) is 1. The summed E-state index contributed by atoms with van der Waals surface area (Å²) in [5.74, 6) is -0.00612. The Hall–Kier alpha value is -2.20. The van der Waals surface area contributed by atoms with Crippen molar-refractivity contribution in [3.05, 3.63) is 53.7 Å². The van der Waals surface area contributed by atoms with Gasteiger partial charge in [0.25, 0.3) is 5.91 Å².